The number of methoxy groups -OCH3 is 1. The van der Waals surface area contributed by atoms with Gasteiger partial charge in [-0.25, -0.2) is 0 Å². The standard InChI is InChI=1S/C13H13NO4/c1-18-9-2-3-11-10(8-9)12(15)4-6-14(11)7-5-13(16)17/h2-4,6,8H,5,7H2,1H3,(H,16,17). The summed E-state index contributed by atoms with van der Waals surface area (Å²) in [6, 6.07) is 6.61. The van der Waals surface area contributed by atoms with Crippen LogP contribution in [0.2, 0.25) is 0 Å². The van der Waals surface area contributed by atoms with Gasteiger partial charge < -0.3 is 14.4 Å². The normalized spacial score (nSPS) is 10.5. The van der Waals surface area contributed by atoms with Gasteiger partial charge in [-0.2, -0.15) is 0 Å². The largest absolute Gasteiger partial charge is 0.497 e. The van der Waals surface area contributed by atoms with Crippen LogP contribution in [0.15, 0.2) is 35.3 Å². The second kappa shape index (κ2) is 4.91. The highest BCUT2D eigenvalue weighted by Crippen LogP contribution is 2.18. The maximum Gasteiger partial charge on any atom is 0.305 e. The van der Waals surface area contributed by atoms with Crippen molar-refractivity contribution in [3.63, 3.8) is 0 Å². The number of aryl methyl sites for hydroxylation is 1. The molecule has 0 aliphatic carbocycles. The summed E-state index contributed by atoms with van der Waals surface area (Å²) in [5, 5.41) is 9.22. The zero-order chi connectivity index (χ0) is 13.1. The van der Waals surface area contributed by atoms with Gasteiger partial charge in [0.1, 0.15) is 5.75 Å². The van der Waals surface area contributed by atoms with Crippen LogP contribution in [-0.2, 0) is 11.3 Å². The summed E-state index contributed by atoms with van der Waals surface area (Å²) in [6.45, 7) is 0.332. The first kappa shape index (κ1) is 12.2. The third-order valence-corrected chi connectivity index (χ3v) is 2.75. The monoisotopic (exact) mass is 247 g/mol. The highest BCUT2D eigenvalue weighted by molar-refractivity contribution is 5.80. The molecule has 1 aromatic heterocycles. The molecule has 18 heavy (non-hydrogen) atoms. The van der Waals surface area contributed by atoms with Gasteiger partial charge in [-0.3, -0.25) is 9.59 Å². The minimum absolute atomic E-state index is 0.0179. The molecule has 1 N–H and O–H groups in total. The van der Waals surface area contributed by atoms with Crippen molar-refractivity contribution >= 4 is 16.9 Å². The molecule has 0 amide bonds. The van der Waals surface area contributed by atoms with Crippen molar-refractivity contribution < 1.29 is 14.6 Å². The summed E-state index contributed by atoms with van der Waals surface area (Å²) in [5.74, 6) is -0.258. The van der Waals surface area contributed by atoms with E-state index in [-0.39, 0.29) is 11.8 Å². The number of aliphatic carboxylic acids is 1. The van der Waals surface area contributed by atoms with Gasteiger partial charge in [-0.1, -0.05) is 0 Å². The average molecular weight is 247 g/mol. The number of benzene rings is 1. The summed E-state index contributed by atoms with van der Waals surface area (Å²) in [6.07, 6.45) is 1.63. The van der Waals surface area contributed by atoms with Crippen molar-refractivity contribution in [2.75, 3.05) is 7.11 Å². The number of aromatic nitrogens is 1. The fourth-order valence-corrected chi connectivity index (χ4v) is 1.83. The number of ether oxygens (including phenoxy) is 1. The Hall–Kier alpha value is -2.30. The van der Waals surface area contributed by atoms with Crippen LogP contribution in [0.1, 0.15) is 6.42 Å². The van der Waals surface area contributed by atoms with Crippen LogP contribution >= 0.6 is 0 Å². The number of pyridine rings is 1. The number of rotatable bonds is 4. The first-order valence-electron chi connectivity index (χ1n) is 5.51. The molecule has 0 saturated carbocycles. The minimum Gasteiger partial charge on any atom is -0.497 e. The number of carboxylic acid groups (broad SMARTS) is 1. The van der Waals surface area contributed by atoms with Gasteiger partial charge in [0.2, 0.25) is 0 Å². The Bertz CT molecular complexity index is 645. The summed E-state index contributed by atoms with van der Waals surface area (Å²) in [4.78, 5) is 22.3. The Morgan fingerprint density at radius 3 is 2.83 bits per heavy atom. The number of nitrogens with zero attached hydrogens (tertiary/aromatic N) is 1. The third kappa shape index (κ3) is 2.34. The molecule has 1 aromatic carbocycles. The molecule has 2 rings (SSSR count). The van der Waals surface area contributed by atoms with Crippen molar-refractivity contribution in [1.29, 1.82) is 0 Å². The summed E-state index contributed by atoms with van der Waals surface area (Å²) in [7, 11) is 1.53. The fourth-order valence-electron chi connectivity index (χ4n) is 1.83. The van der Waals surface area contributed by atoms with E-state index in [1.54, 1.807) is 29.0 Å². The van der Waals surface area contributed by atoms with Gasteiger partial charge >= 0.3 is 5.97 Å². The zero-order valence-electron chi connectivity index (χ0n) is 9.92. The predicted octanol–water partition coefficient (Wildman–Crippen LogP) is 1.48. The second-order valence-electron chi connectivity index (χ2n) is 3.90. The molecule has 1 heterocycles. The van der Waals surface area contributed by atoms with Gasteiger partial charge in [0.15, 0.2) is 5.43 Å². The van der Waals surface area contributed by atoms with Crippen molar-refractivity contribution in [1.82, 2.24) is 4.57 Å². The average Bonchev–Trinajstić information content (AvgIpc) is 2.37. The molecule has 0 unspecified atom stereocenters. The van der Waals surface area contributed by atoms with Crippen molar-refractivity contribution in [2.24, 2.45) is 0 Å². The molecule has 5 heteroatoms. The van der Waals surface area contributed by atoms with Crippen LogP contribution in [0.3, 0.4) is 0 Å². The smallest absolute Gasteiger partial charge is 0.305 e. The van der Waals surface area contributed by atoms with E-state index in [4.69, 9.17) is 9.84 Å². The maximum atomic E-state index is 11.8. The van der Waals surface area contributed by atoms with Crippen LogP contribution in [0.4, 0.5) is 0 Å². The molecule has 0 spiro atoms. The molecule has 0 saturated heterocycles. The van der Waals surface area contributed by atoms with Gasteiger partial charge in [0.05, 0.1) is 19.0 Å². The van der Waals surface area contributed by atoms with Crippen molar-refractivity contribution in [3.05, 3.63) is 40.7 Å². The molecular formula is C13H13NO4. The Morgan fingerprint density at radius 2 is 2.17 bits per heavy atom. The maximum absolute atomic E-state index is 11.8. The molecule has 94 valence electrons. The Kier molecular flexibility index (Phi) is 3.32. The SMILES string of the molecule is COc1ccc2c(c1)c(=O)ccn2CCC(=O)O. The third-order valence-electron chi connectivity index (χ3n) is 2.75. The quantitative estimate of drug-likeness (QED) is 0.888. The van der Waals surface area contributed by atoms with E-state index in [0.29, 0.717) is 23.2 Å². The van der Waals surface area contributed by atoms with E-state index >= 15 is 0 Å². The molecule has 5 nitrogen and oxygen atoms in total. The van der Waals surface area contributed by atoms with Gasteiger partial charge in [0, 0.05) is 24.2 Å². The summed E-state index contributed by atoms with van der Waals surface area (Å²) < 4.78 is 6.83. The van der Waals surface area contributed by atoms with Crippen molar-refractivity contribution in [2.45, 2.75) is 13.0 Å². The second-order valence-corrected chi connectivity index (χ2v) is 3.90. The van der Waals surface area contributed by atoms with E-state index in [0.717, 1.165) is 0 Å². The highest BCUT2D eigenvalue weighted by Gasteiger charge is 2.05. The molecular weight excluding hydrogens is 234 g/mol. The Morgan fingerprint density at radius 1 is 1.39 bits per heavy atom. The number of hydrogen-bond acceptors (Lipinski definition) is 3. The summed E-state index contributed by atoms with van der Waals surface area (Å²) >= 11 is 0. The first-order valence-corrected chi connectivity index (χ1v) is 5.51. The number of carboxylic acids is 1. The lowest BCUT2D eigenvalue weighted by Gasteiger charge is -2.10. The Balaban J connectivity index is 2.52. The zero-order valence-corrected chi connectivity index (χ0v) is 9.92. The van der Waals surface area contributed by atoms with Crippen LogP contribution in [0, 0.1) is 0 Å². The van der Waals surface area contributed by atoms with Crippen LogP contribution in [-0.4, -0.2) is 22.8 Å². The van der Waals surface area contributed by atoms with Gasteiger partial charge in [0.25, 0.3) is 0 Å². The number of carbonyl (C=O) groups is 1. The molecule has 0 bridgehead atoms. The summed E-state index contributed by atoms with van der Waals surface area (Å²) in [5.41, 5.74) is 0.611. The van der Waals surface area contributed by atoms with Crippen LogP contribution in [0.25, 0.3) is 10.9 Å². The first-order chi connectivity index (χ1) is 8.61. The number of fused-ring (bicyclic) bond motifs is 1. The fraction of sp³-hybridized carbons (Fsp3) is 0.231. The molecule has 0 aliphatic heterocycles. The van der Waals surface area contributed by atoms with Crippen LogP contribution < -0.4 is 10.2 Å². The molecule has 2 aromatic rings. The van der Waals surface area contributed by atoms with E-state index in [1.165, 1.54) is 13.2 Å². The molecule has 0 fully saturated rings. The highest BCUT2D eigenvalue weighted by atomic mass is 16.5. The lowest BCUT2D eigenvalue weighted by atomic mass is 10.2. The number of hydrogen-bond donors (Lipinski definition) is 1. The van der Waals surface area contributed by atoms with Crippen molar-refractivity contribution in [3.8, 4) is 5.75 Å². The lowest BCUT2D eigenvalue weighted by Crippen LogP contribution is -2.10. The van der Waals surface area contributed by atoms with E-state index < -0.39 is 5.97 Å². The minimum atomic E-state index is -0.865. The lowest BCUT2D eigenvalue weighted by molar-refractivity contribution is -0.137. The van der Waals surface area contributed by atoms with Gasteiger partial charge in [-0.15, -0.1) is 0 Å². The van der Waals surface area contributed by atoms with E-state index in [9.17, 15) is 9.59 Å². The van der Waals surface area contributed by atoms with E-state index in [1.807, 2.05) is 0 Å². The molecule has 0 aliphatic rings. The van der Waals surface area contributed by atoms with Crippen LogP contribution in [0.5, 0.6) is 5.75 Å². The van der Waals surface area contributed by atoms with E-state index in [2.05, 4.69) is 0 Å². The van der Waals surface area contributed by atoms with Gasteiger partial charge in [-0.05, 0) is 18.2 Å². The molecule has 0 radical (unpaired) electrons. The Labute approximate surface area is 103 Å². The topological polar surface area (TPSA) is 68.5 Å². The molecule has 0 atom stereocenters. The predicted molar refractivity (Wildman–Crippen MR) is 67.0 cm³/mol.